The van der Waals surface area contributed by atoms with Crippen molar-refractivity contribution in [3.8, 4) is 22.1 Å². The zero-order chi connectivity index (χ0) is 16.8. The highest BCUT2D eigenvalue weighted by atomic mass is 32.1. The lowest BCUT2D eigenvalue weighted by atomic mass is 10.1. The maximum atomic E-state index is 12.7. The highest BCUT2D eigenvalue weighted by Crippen LogP contribution is 2.34. The van der Waals surface area contributed by atoms with Crippen molar-refractivity contribution in [1.82, 2.24) is 20.1 Å². The molecule has 0 amide bonds. The first-order valence-electron chi connectivity index (χ1n) is 6.36. The van der Waals surface area contributed by atoms with Crippen LogP contribution >= 0.6 is 11.3 Å². The van der Waals surface area contributed by atoms with E-state index in [2.05, 4.69) is 20.1 Å². The summed E-state index contributed by atoms with van der Waals surface area (Å²) >= 11 is 0.802. The SMILES string of the molecule is Cc1noc(C)c1-c1cc(N)nc(-c2nc(C(F)(F)F)cs2)n1. The lowest BCUT2D eigenvalue weighted by molar-refractivity contribution is -0.140. The average Bonchev–Trinajstić information content (AvgIpc) is 3.05. The lowest BCUT2D eigenvalue weighted by Gasteiger charge is -2.04. The van der Waals surface area contributed by atoms with Crippen LogP contribution in [0.5, 0.6) is 0 Å². The first-order valence-corrected chi connectivity index (χ1v) is 7.24. The summed E-state index contributed by atoms with van der Waals surface area (Å²) in [5, 5.41) is 4.78. The maximum Gasteiger partial charge on any atom is 0.434 e. The molecule has 0 aromatic carbocycles. The normalized spacial score (nSPS) is 11.9. The Balaban J connectivity index is 2.10. The van der Waals surface area contributed by atoms with Crippen molar-refractivity contribution in [2.24, 2.45) is 0 Å². The third-order valence-electron chi connectivity index (χ3n) is 3.02. The van der Waals surface area contributed by atoms with Crippen LogP contribution in [0.3, 0.4) is 0 Å². The predicted octanol–water partition coefficient (Wildman–Crippen LogP) is 3.47. The number of nitrogen functional groups attached to an aromatic ring is 1. The third-order valence-corrected chi connectivity index (χ3v) is 3.86. The van der Waals surface area contributed by atoms with Gasteiger partial charge < -0.3 is 10.3 Å². The molecule has 3 rings (SSSR count). The monoisotopic (exact) mass is 341 g/mol. The molecule has 3 aromatic rings. The van der Waals surface area contributed by atoms with Crippen molar-refractivity contribution < 1.29 is 17.7 Å². The number of nitrogens with zero attached hydrogens (tertiary/aromatic N) is 4. The van der Waals surface area contributed by atoms with Gasteiger partial charge in [0.25, 0.3) is 0 Å². The highest BCUT2D eigenvalue weighted by Gasteiger charge is 2.34. The molecule has 0 atom stereocenters. The molecule has 6 nitrogen and oxygen atoms in total. The molecule has 10 heteroatoms. The average molecular weight is 341 g/mol. The van der Waals surface area contributed by atoms with Crippen molar-refractivity contribution in [1.29, 1.82) is 0 Å². The van der Waals surface area contributed by atoms with E-state index in [1.807, 2.05) is 0 Å². The van der Waals surface area contributed by atoms with Gasteiger partial charge in [0.15, 0.2) is 16.5 Å². The van der Waals surface area contributed by atoms with Gasteiger partial charge in [0, 0.05) is 11.4 Å². The van der Waals surface area contributed by atoms with E-state index in [-0.39, 0.29) is 16.6 Å². The molecule has 0 saturated carbocycles. The fraction of sp³-hybridized carbons (Fsp3) is 0.231. The Kier molecular flexibility index (Phi) is 3.55. The zero-order valence-corrected chi connectivity index (χ0v) is 12.8. The van der Waals surface area contributed by atoms with Gasteiger partial charge in [-0.15, -0.1) is 11.3 Å². The number of halogens is 3. The van der Waals surface area contributed by atoms with Crippen LogP contribution in [0.15, 0.2) is 16.0 Å². The number of aromatic nitrogens is 4. The van der Waals surface area contributed by atoms with E-state index in [0.29, 0.717) is 22.7 Å². The van der Waals surface area contributed by atoms with E-state index in [4.69, 9.17) is 10.3 Å². The van der Waals surface area contributed by atoms with Gasteiger partial charge in [-0.3, -0.25) is 0 Å². The molecule has 0 bridgehead atoms. The Morgan fingerprint density at radius 1 is 1.17 bits per heavy atom. The van der Waals surface area contributed by atoms with Crippen molar-refractivity contribution >= 4 is 17.2 Å². The fourth-order valence-corrected chi connectivity index (χ4v) is 2.80. The van der Waals surface area contributed by atoms with Crippen LogP contribution in [0.25, 0.3) is 22.1 Å². The van der Waals surface area contributed by atoms with Gasteiger partial charge in [0.2, 0.25) is 0 Å². The molecule has 0 saturated heterocycles. The zero-order valence-electron chi connectivity index (χ0n) is 12.0. The van der Waals surface area contributed by atoms with Crippen LogP contribution in [0.4, 0.5) is 19.0 Å². The van der Waals surface area contributed by atoms with Crippen molar-refractivity contribution in [2.75, 3.05) is 5.73 Å². The summed E-state index contributed by atoms with van der Waals surface area (Å²) in [6, 6.07) is 1.51. The molecule has 0 radical (unpaired) electrons. The number of anilines is 1. The van der Waals surface area contributed by atoms with Crippen molar-refractivity contribution in [2.45, 2.75) is 20.0 Å². The summed E-state index contributed by atoms with van der Waals surface area (Å²) in [7, 11) is 0. The largest absolute Gasteiger partial charge is 0.434 e. The van der Waals surface area contributed by atoms with Gasteiger partial charge in [-0.05, 0) is 13.8 Å². The molecular formula is C13H10F3N5OS. The third kappa shape index (κ3) is 2.89. The van der Waals surface area contributed by atoms with Gasteiger partial charge >= 0.3 is 6.18 Å². The van der Waals surface area contributed by atoms with Gasteiger partial charge in [-0.25, -0.2) is 15.0 Å². The number of alkyl halides is 3. The molecule has 0 aliphatic heterocycles. The number of hydrogen-bond donors (Lipinski definition) is 1. The summed E-state index contributed by atoms with van der Waals surface area (Å²) in [6.07, 6.45) is -4.51. The summed E-state index contributed by atoms with van der Waals surface area (Å²) in [5.74, 6) is 0.677. The Hall–Kier alpha value is -2.49. The molecule has 3 heterocycles. The van der Waals surface area contributed by atoms with Crippen LogP contribution in [0.1, 0.15) is 17.1 Å². The summed E-state index contributed by atoms with van der Waals surface area (Å²) in [6.45, 7) is 3.44. The van der Waals surface area contributed by atoms with Crippen LogP contribution in [0.2, 0.25) is 0 Å². The lowest BCUT2D eigenvalue weighted by Crippen LogP contribution is -2.05. The maximum absolute atomic E-state index is 12.7. The number of rotatable bonds is 2. The molecular weight excluding hydrogens is 331 g/mol. The van der Waals surface area contributed by atoms with E-state index in [0.717, 1.165) is 16.7 Å². The minimum atomic E-state index is -4.51. The van der Waals surface area contributed by atoms with Crippen LogP contribution < -0.4 is 5.73 Å². The van der Waals surface area contributed by atoms with Crippen LogP contribution in [-0.2, 0) is 6.18 Å². The number of thiazole rings is 1. The first kappa shape index (κ1) is 15.4. The fourth-order valence-electron chi connectivity index (χ4n) is 2.05. The van der Waals surface area contributed by atoms with Gasteiger partial charge in [-0.1, -0.05) is 5.16 Å². The Labute approximate surface area is 132 Å². The Morgan fingerprint density at radius 3 is 2.48 bits per heavy atom. The molecule has 0 fully saturated rings. The second-order valence-corrected chi connectivity index (χ2v) is 5.59. The van der Waals surface area contributed by atoms with Crippen LogP contribution in [0, 0.1) is 13.8 Å². The molecule has 0 aliphatic rings. The van der Waals surface area contributed by atoms with Gasteiger partial charge in [0.1, 0.15) is 11.6 Å². The molecule has 0 spiro atoms. The van der Waals surface area contributed by atoms with E-state index in [1.54, 1.807) is 13.8 Å². The Bertz CT molecular complexity index is 851. The molecule has 0 unspecified atom stereocenters. The standard InChI is InChI=1S/C13H10F3N5OS/c1-5-10(6(2)22-21-5)7-3-9(17)20-11(18-7)12-19-8(4-23-12)13(14,15)16/h3-4H,1-2H3,(H2,17,18,20). The first-order chi connectivity index (χ1) is 10.8. The minimum absolute atomic E-state index is 0.0282. The summed E-state index contributed by atoms with van der Waals surface area (Å²) < 4.78 is 43.1. The van der Waals surface area contributed by atoms with Crippen LogP contribution in [-0.4, -0.2) is 20.1 Å². The molecule has 0 aliphatic carbocycles. The second kappa shape index (κ2) is 5.30. The quantitative estimate of drug-likeness (QED) is 0.767. The number of aryl methyl sites for hydroxylation is 2. The Morgan fingerprint density at radius 2 is 1.91 bits per heavy atom. The van der Waals surface area contributed by atoms with Gasteiger partial charge in [0.05, 0.1) is 17.0 Å². The summed E-state index contributed by atoms with van der Waals surface area (Å²) in [5.41, 5.74) is 6.42. The molecule has 2 N–H and O–H groups in total. The van der Waals surface area contributed by atoms with E-state index >= 15 is 0 Å². The molecule has 23 heavy (non-hydrogen) atoms. The highest BCUT2D eigenvalue weighted by molar-refractivity contribution is 7.13. The second-order valence-electron chi connectivity index (χ2n) is 4.74. The van der Waals surface area contributed by atoms with E-state index < -0.39 is 11.9 Å². The minimum Gasteiger partial charge on any atom is -0.384 e. The van der Waals surface area contributed by atoms with Crippen molar-refractivity contribution in [3.63, 3.8) is 0 Å². The topological polar surface area (TPSA) is 90.7 Å². The smallest absolute Gasteiger partial charge is 0.384 e. The van der Waals surface area contributed by atoms with E-state index in [9.17, 15) is 13.2 Å². The van der Waals surface area contributed by atoms with Crippen molar-refractivity contribution in [3.05, 3.63) is 28.6 Å². The molecule has 120 valence electrons. The van der Waals surface area contributed by atoms with E-state index in [1.165, 1.54) is 6.07 Å². The summed E-state index contributed by atoms with van der Waals surface area (Å²) in [4.78, 5) is 11.8. The number of nitrogens with two attached hydrogens (primary N) is 1. The van der Waals surface area contributed by atoms with Gasteiger partial charge in [-0.2, -0.15) is 13.2 Å². The molecule has 3 aromatic heterocycles. The number of hydrogen-bond acceptors (Lipinski definition) is 7. The predicted molar refractivity (Wildman–Crippen MR) is 77.5 cm³/mol.